The second-order valence-electron chi connectivity index (χ2n) is 5.72. The lowest BCUT2D eigenvalue weighted by Crippen LogP contribution is -2.54. The number of carbonyl (C=O) groups excluding carboxylic acids is 3. The molecule has 0 saturated carbocycles. The fraction of sp³-hybridized carbons (Fsp3) is 0.105. The van der Waals surface area contributed by atoms with Crippen molar-refractivity contribution in [1.29, 1.82) is 0 Å². The van der Waals surface area contributed by atoms with Gasteiger partial charge in [0, 0.05) is 0 Å². The van der Waals surface area contributed by atoms with E-state index in [1.54, 1.807) is 12.1 Å². The van der Waals surface area contributed by atoms with Crippen LogP contribution in [0.15, 0.2) is 50.9 Å². The molecule has 2 aromatic carbocycles. The average molecular weight is 510 g/mol. The lowest BCUT2D eigenvalue weighted by atomic mass is 10.1. The SMILES string of the molecule is CCOc1c(Br)cc(/C=C2\C(=O)NC(=O)N(c3ccc(O)cc3)C2=O)cc1Br. The number of urea groups is 1. The van der Waals surface area contributed by atoms with Crippen molar-refractivity contribution in [2.75, 3.05) is 11.5 Å². The summed E-state index contributed by atoms with van der Waals surface area (Å²) in [5, 5.41) is 11.6. The van der Waals surface area contributed by atoms with E-state index >= 15 is 0 Å². The minimum absolute atomic E-state index is 0.00968. The van der Waals surface area contributed by atoms with Crippen LogP contribution in [-0.2, 0) is 9.59 Å². The molecule has 2 aromatic rings. The highest BCUT2D eigenvalue weighted by Gasteiger charge is 2.36. The summed E-state index contributed by atoms with van der Waals surface area (Å²) in [6, 6.07) is 8.04. The van der Waals surface area contributed by atoms with E-state index in [4.69, 9.17) is 4.74 Å². The summed E-state index contributed by atoms with van der Waals surface area (Å²) in [4.78, 5) is 38.1. The van der Waals surface area contributed by atoms with Crippen LogP contribution in [-0.4, -0.2) is 29.6 Å². The van der Waals surface area contributed by atoms with Crippen LogP contribution in [0, 0.1) is 0 Å². The smallest absolute Gasteiger partial charge is 0.335 e. The van der Waals surface area contributed by atoms with E-state index in [2.05, 4.69) is 37.2 Å². The number of halogens is 2. The third kappa shape index (κ3) is 3.95. The number of phenols is 1. The minimum Gasteiger partial charge on any atom is -0.508 e. The van der Waals surface area contributed by atoms with E-state index in [-0.39, 0.29) is 17.0 Å². The maximum Gasteiger partial charge on any atom is 0.335 e. The molecule has 0 spiro atoms. The lowest BCUT2D eigenvalue weighted by molar-refractivity contribution is -0.122. The van der Waals surface area contributed by atoms with Crippen molar-refractivity contribution in [1.82, 2.24) is 5.32 Å². The van der Waals surface area contributed by atoms with Crippen molar-refractivity contribution in [2.24, 2.45) is 0 Å². The summed E-state index contributed by atoms with van der Waals surface area (Å²) in [5.74, 6) is -0.957. The van der Waals surface area contributed by atoms with Crippen molar-refractivity contribution in [3.05, 3.63) is 56.5 Å². The Morgan fingerprint density at radius 3 is 2.29 bits per heavy atom. The maximum atomic E-state index is 12.8. The van der Waals surface area contributed by atoms with Gasteiger partial charge in [0.2, 0.25) is 0 Å². The molecule has 9 heteroatoms. The van der Waals surface area contributed by atoms with Crippen LogP contribution in [0.25, 0.3) is 6.08 Å². The van der Waals surface area contributed by atoms with Crippen LogP contribution >= 0.6 is 31.9 Å². The molecule has 0 bridgehead atoms. The number of ether oxygens (including phenoxy) is 1. The van der Waals surface area contributed by atoms with Gasteiger partial charge in [0.05, 0.1) is 21.2 Å². The van der Waals surface area contributed by atoms with Gasteiger partial charge < -0.3 is 9.84 Å². The molecular formula is C19H14Br2N2O5. The summed E-state index contributed by atoms with van der Waals surface area (Å²) < 4.78 is 6.81. The molecule has 28 heavy (non-hydrogen) atoms. The summed E-state index contributed by atoms with van der Waals surface area (Å²) >= 11 is 6.80. The Kier molecular flexibility index (Phi) is 5.85. The fourth-order valence-corrected chi connectivity index (χ4v) is 4.06. The number of anilines is 1. The molecular weight excluding hydrogens is 496 g/mol. The summed E-state index contributed by atoms with van der Waals surface area (Å²) in [6.07, 6.45) is 1.39. The molecule has 2 N–H and O–H groups in total. The number of hydrogen-bond donors (Lipinski definition) is 2. The number of hydrogen-bond acceptors (Lipinski definition) is 5. The first-order valence-corrected chi connectivity index (χ1v) is 9.72. The van der Waals surface area contributed by atoms with Crippen molar-refractivity contribution in [3.63, 3.8) is 0 Å². The number of amides is 4. The Bertz CT molecular complexity index is 979. The number of carbonyl (C=O) groups is 3. The molecule has 0 radical (unpaired) electrons. The second kappa shape index (κ2) is 8.15. The monoisotopic (exact) mass is 508 g/mol. The first-order valence-electron chi connectivity index (χ1n) is 8.14. The highest BCUT2D eigenvalue weighted by Crippen LogP contribution is 2.35. The zero-order valence-electron chi connectivity index (χ0n) is 14.5. The molecule has 1 aliphatic heterocycles. The average Bonchev–Trinajstić information content (AvgIpc) is 2.63. The molecule has 3 rings (SSSR count). The topological polar surface area (TPSA) is 95.9 Å². The second-order valence-corrected chi connectivity index (χ2v) is 7.43. The molecule has 144 valence electrons. The van der Waals surface area contributed by atoms with Crippen molar-refractivity contribution in [2.45, 2.75) is 6.92 Å². The molecule has 0 aliphatic carbocycles. The Morgan fingerprint density at radius 1 is 1.11 bits per heavy atom. The van der Waals surface area contributed by atoms with Crippen LogP contribution in [0.5, 0.6) is 11.5 Å². The van der Waals surface area contributed by atoms with Gasteiger partial charge in [-0.15, -0.1) is 0 Å². The van der Waals surface area contributed by atoms with E-state index in [0.29, 0.717) is 26.9 Å². The quantitative estimate of drug-likeness (QED) is 0.480. The molecule has 0 aromatic heterocycles. The number of aromatic hydroxyl groups is 1. The van der Waals surface area contributed by atoms with Gasteiger partial charge in [-0.3, -0.25) is 14.9 Å². The van der Waals surface area contributed by atoms with Crippen LogP contribution in [0.1, 0.15) is 12.5 Å². The van der Waals surface area contributed by atoms with Gasteiger partial charge in [0.25, 0.3) is 11.8 Å². The summed E-state index contributed by atoms with van der Waals surface area (Å²) in [7, 11) is 0. The molecule has 4 amide bonds. The Morgan fingerprint density at radius 2 is 1.71 bits per heavy atom. The molecule has 1 heterocycles. The first-order chi connectivity index (χ1) is 13.3. The van der Waals surface area contributed by atoms with E-state index in [1.807, 2.05) is 6.92 Å². The molecule has 0 unspecified atom stereocenters. The minimum atomic E-state index is -0.855. The lowest BCUT2D eigenvalue weighted by Gasteiger charge is -2.26. The highest BCUT2D eigenvalue weighted by atomic mass is 79.9. The third-order valence-electron chi connectivity index (χ3n) is 3.83. The van der Waals surface area contributed by atoms with Gasteiger partial charge in [-0.05, 0) is 86.8 Å². The molecule has 1 aliphatic rings. The van der Waals surface area contributed by atoms with Crippen LogP contribution in [0.2, 0.25) is 0 Å². The zero-order valence-corrected chi connectivity index (χ0v) is 17.7. The predicted molar refractivity (Wildman–Crippen MR) is 110 cm³/mol. The number of barbiturate groups is 1. The van der Waals surface area contributed by atoms with E-state index in [9.17, 15) is 19.5 Å². The molecule has 0 atom stereocenters. The zero-order chi connectivity index (χ0) is 20.4. The van der Waals surface area contributed by atoms with Crippen LogP contribution in [0.4, 0.5) is 10.5 Å². The van der Waals surface area contributed by atoms with Gasteiger partial charge >= 0.3 is 6.03 Å². The van der Waals surface area contributed by atoms with Gasteiger partial charge in [-0.2, -0.15) is 0 Å². The van der Waals surface area contributed by atoms with Crippen molar-refractivity contribution < 1.29 is 24.2 Å². The maximum absolute atomic E-state index is 12.8. The third-order valence-corrected chi connectivity index (χ3v) is 5.01. The number of nitrogens with zero attached hydrogens (tertiary/aromatic N) is 1. The summed E-state index contributed by atoms with van der Waals surface area (Å²) in [5.41, 5.74) is 0.587. The predicted octanol–water partition coefficient (Wildman–Crippen LogP) is 3.98. The van der Waals surface area contributed by atoms with Gasteiger partial charge in [0.15, 0.2) is 0 Å². The van der Waals surface area contributed by atoms with Gasteiger partial charge in [-0.25, -0.2) is 9.69 Å². The van der Waals surface area contributed by atoms with E-state index in [0.717, 1.165) is 4.90 Å². The normalized spacial score (nSPS) is 15.8. The Labute approximate surface area is 177 Å². The highest BCUT2D eigenvalue weighted by molar-refractivity contribution is 9.11. The largest absolute Gasteiger partial charge is 0.508 e. The molecule has 1 fully saturated rings. The number of imide groups is 2. The number of rotatable bonds is 4. The van der Waals surface area contributed by atoms with Gasteiger partial charge in [-0.1, -0.05) is 0 Å². The van der Waals surface area contributed by atoms with Crippen LogP contribution < -0.4 is 15.0 Å². The summed E-state index contributed by atoms with van der Waals surface area (Å²) in [6.45, 7) is 2.33. The van der Waals surface area contributed by atoms with E-state index < -0.39 is 17.8 Å². The molecule has 7 nitrogen and oxygen atoms in total. The van der Waals surface area contributed by atoms with Crippen molar-refractivity contribution in [3.8, 4) is 11.5 Å². The number of benzene rings is 2. The van der Waals surface area contributed by atoms with Crippen LogP contribution in [0.3, 0.4) is 0 Å². The van der Waals surface area contributed by atoms with Crippen molar-refractivity contribution >= 4 is 61.5 Å². The fourth-order valence-electron chi connectivity index (χ4n) is 2.61. The van der Waals surface area contributed by atoms with Gasteiger partial charge in [0.1, 0.15) is 17.1 Å². The Balaban J connectivity index is 2.00. The molecule has 1 saturated heterocycles. The Hall–Kier alpha value is -2.65. The number of phenolic OH excluding ortho intramolecular Hbond substituents is 1. The number of nitrogens with one attached hydrogen (secondary N) is 1. The standard InChI is InChI=1S/C19H14Br2N2O5/c1-2-28-16-14(20)8-10(9-15(16)21)7-13-17(25)22-19(27)23(18(13)26)11-3-5-12(24)6-4-11/h3-9,24H,2H2,1H3,(H,22,25,27)/b13-7+. The first kappa shape index (κ1) is 20.1. The van der Waals surface area contributed by atoms with E-state index in [1.165, 1.54) is 30.3 Å².